The van der Waals surface area contributed by atoms with Crippen LogP contribution in [0.15, 0.2) is 22.8 Å². The van der Waals surface area contributed by atoms with E-state index in [1.165, 1.54) is 16.9 Å². The maximum Gasteiger partial charge on any atom is 0.296 e. The Hall–Kier alpha value is -1.80. The molecule has 1 N–H and O–H groups in total. The van der Waals surface area contributed by atoms with Crippen LogP contribution in [0, 0.1) is 17.0 Å². The van der Waals surface area contributed by atoms with Gasteiger partial charge in [0.1, 0.15) is 5.69 Å². The summed E-state index contributed by atoms with van der Waals surface area (Å²) in [7, 11) is 0. The Kier molecular flexibility index (Phi) is 3.63. The van der Waals surface area contributed by atoms with E-state index in [2.05, 4.69) is 26.2 Å². The lowest BCUT2D eigenvalue weighted by Gasteiger charge is -2.06. The lowest BCUT2D eigenvalue weighted by Crippen LogP contribution is -2.02. The molecule has 1 atom stereocenters. The summed E-state index contributed by atoms with van der Waals surface area (Å²) in [6.07, 6.45) is 0.685. The molecule has 0 bridgehead atoms. The number of aliphatic hydroxyl groups excluding tert-OH is 1. The average molecular weight is 327 g/mol. The number of nitro benzene ring substituents is 1. The van der Waals surface area contributed by atoms with E-state index in [0.29, 0.717) is 10.2 Å². The van der Waals surface area contributed by atoms with E-state index >= 15 is 0 Å². The van der Waals surface area contributed by atoms with Crippen LogP contribution in [0.2, 0.25) is 0 Å². The smallest absolute Gasteiger partial charge is 0.296 e. The molecule has 2 rings (SSSR count). The maximum absolute atomic E-state index is 11.1. The quantitative estimate of drug-likeness (QED) is 0.689. The molecular weight excluding hydrogens is 316 g/mol. The summed E-state index contributed by atoms with van der Waals surface area (Å²) in [5.74, 6) is 0. The molecule has 0 saturated carbocycles. The van der Waals surface area contributed by atoms with Gasteiger partial charge in [0.05, 0.1) is 21.7 Å². The number of aromatic nitrogens is 3. The van der Waals surface area contributed by atoms with Gasteiger partial charge in [0.2, 0.25) is 0 Å². The summed E-state index contributed by atoms with van der Waals surface area (Å²) >= 11 is 3.29. The minimum absolute atomic E-state index is 0.0751. The predicted molar refractivity (Wildman–Crippen MR) is 71.1 cm³/mol. The summed E-state index contributed by atoms with van der Waals surface area (Å²) in [5, 5.41) is 28.1. The van der Waals surface area contributed by atoms with Crippen LogP contribution in [0.25, 0.3) is 5.69 Å². The summed E-state index contributed by atoms with van der Waals surface area (Å²) in [6.45, 7) is 3.32. The van der Waals surface area contributed by atoms with Gasteiger partial charge in [-0.1, -0.05) is 5.21 Å². The minimum atomic E-state index is -0.781. The first-order valence-corrected chi connectivity index (χ1v) is 6.24. The van der Waals surface area contributed by atoms with Crippen molar-refractivity contribution in [3.8, 4) is 5.69 Å². The van der Waals surface area contributed by atoms with E-state index in [-0.39, 0.29) is 11.4 Å². The standard InChI is InChI=1S/C11H11BrN4O3/c1-6-3-8(12)11(10(4-6)16(18)19)15-5-9(7(2)17)13-14-15/h3-5,7,17H,1-2H3. The molecule has 2 aromatic rings. The predicted octanol–water partition coefficient (Wildman–Crippen LogP) is 2.30. The molecule has 0 aliphatic carbocycles. The molecule has 1 aromatic carbocycles. The number of rotatable bonds is 3. The van der Waals surface area contributed by atoms with Gasteiger partial charge in [-0.2, -0.15) is 0 Å². The summed E-state index contributed by atoms with van der Waals surface area (Å²) in [6, 6.07) is 3.22. The minimum Gasteiger partial charge on any atom is -0.387 e. The zero-order chi connectivity index (χ0) is 14.2. The van der Waals surface area contributed by atoms with E-state index in [1.807, 2.05) is 0 Å². The third kappa shape index (κ3) is 2.64. The highest BCUT2D eigenvalue weighted by molar-refractivity contribution is 9.10. The lowest BCUT2D eigenvalue weighted by molar-refractivity contribution is -0.384. The van der Waals surface area contributed by atoms with Gasteiger partial charge in [0.15, 0.2) is 5.69 Å². The number of halogens is 1. The molecule has 1 aromatic heterocycles. The molecule has 0 saturated heterocycles. The Balaban J connectivity index is 2.63. The van der Waals surface area contributed by atoms with Gasteiger partial charge in [0, 0.05) is 6.07 Å². The van der Waals surface area contributed by atoms with Gasteiger partial charge in [-0.25, -0.2) is 4.68 Å². The Labute approximate surface area is 117 Å². The first kappa shape index (κ1) is 13.6. The van der Waals surface area contributed by atoms with Gasteiger partial charge < -0.3 is 5.11 Å². The number of nitro groups is 1. The second kappa shape index (κ2) is 5.06. The number of hydrogen-bond donors (Lipinski definition) is 1. The van der Waals surface area contributed by atoms with Crippen LogP contribution < -0.4 is 0 Å². The van der Waals surface area contributed by atoms with Gasteiger partial charge in [-0.3, -0.25) is 10.1 Å². The summed E-state index contributed by atoms with van der Waals surface area (Å²) < 4.78 is 1.82. The lowest BCUT2D eigenvalue weighted by atomic mass is 10.2. The number of nitrogens with zero attached hydrogens (tertiary/aromatic N) is 4. The Morgan fingerprint density at radius 1 is 1.53 bits per heavy atom. The molecular formula is C11H11BrN4O3. The molecule has 0 aliphatic heterocycles. The zero-order valence-corrected chi connectivity index (χ0v) is 11.8. The summed E-state index contributed by atoms with van der Waals surface area (Å²) in [5.41, 5.74) is 1.32. The van der Waals surface area contributed by atoms with E-state index in [1.54, 1.807) is 19.9 Å². The van der Waals surface area contributed by atoms with Crippen molar-refractivity contribution in [2.75, 3.05) is 0 Å². The van der Waals surface area contributed by atoms with Crippen molar-refractivity contribution in [3.05, 3.63) is 44.2 Å². The van der Waals surface area contributed by atoms with Crippen LogP contribution in [-0.2, 0) is 0 Å². The highest BCUT2D eigenvalue weighted by Gasteiger charge is 2.21. The Morgan fingerprint density at radius 2 is 2.21 bits per heavy atom. The van der Waals surface area contributed by atoms with Gasteiger partial charge in [0.25, 0.3) is 5.69 Å². The molecule has 100 valence electrons. The first-order chi connectivity index (χ1) is 8.90. The topological polar surface area (TPSA) is 94.1 Å². The molecule has 1 heterocycles. The van der Waals surface area contributed by atoms with E-state index in [4.69, 9.17) is 0 Å². The number of hydrogen-bond acceptors (Lipinski definition) is 5. The van der Waals surface area contributed by atoms with Gasteiger partial charge in [-0.05, 0) is 41.4 Å². The van der Waals surface area contributed by atoms with Crippen LogP contribution in [0.5, 0.6) is 0 Å². The fourth-order valence-corrected chi connectivity index (χ4v) is 2.41. The number of aliphatic hydroxyl groups is 1. The third-order valence-corrected chi connectivity index (χ3v) is 3.16. The Bertz CT molecular complexity index is 639. The monoisotopic (exact) mass is 326 g/mol. The van der Waals surface area contributed by atoms with E-state index in [9.17, 15) is 15.2 Å². The largest absolute Gasteiger partial charge is 0.387 e. The van der Waals surface area contributed by atoms with Crippen LogP contribution in [-0.4, -0.2) is 25.0 Å². The van der Waals surface area contributed by atoms with Crippen molar-refractivity contribution in [2.24, 2.45) is 0 Å². The zero-order valence-electron chi connectivity index (χ0n) is 10.2. The average Bonchev–Trinajstić information content (AvgIpc) is 2.76. The van der Waals surface area contributed by atoms with Crippen molar-refractivity contribution in [1.29, 1.82) is 0 Å². The first-order valence-electron chi connectivity index (χ1n) is 5.45. The second-order valence-electron chi connectivity index (χ2n) is 4.14. The van der Waals surface area contributed by atoms with E-state index < -0.39 is 11.0 Å². The molecule has 19 heavy (non-hydrogen) atoms. The normalized spacial score (nSPS) is 12.4. The fraction of sp³-hybridized carbons (Fsp3) is 0.273. The molecule has 0 radical (unpaired) electrons. The highest BCUT2D eigenvalue weighted by atomic mass is 79.9. The second-order valence-corrected chi connectivity index (χ2v) is 4.99. The van der Waals surface area contributed by atoms with Crippen LogP contribution >= 0.6 is 15.9 Å². The fourth-order valence-electron chi connectivity index (χ4n) is 1.66. The molecule has 7 nitrogen and oxygen atoms in total. The van der Waals surface area contributed by atoms with Crippen LogP contribution in [0.3, 0.4) is 0 Å². The maximum atomic E-state index is 11.1. The number of benzene rings is 1. The summed E-state index contributed by atoms with van der Waals surface area (Å²) in [4.78, 5) is 10.6. The van der Waals surface area contributed by atoms with Crippen molar-refractivity contribution in [2.45, 2.75) is 20.0 Å². The SMILES string of the molecule is Cc1cc(Br)c(-n2cc(C(C)O)nn2)c([N+](=O)[O-])c1. The molecule has 0 spiro atoms. The van der Waals surface area contributed by atoms with Crippen molar-refractivity contribution < 1.29 is 10.0 Å². The van der Waals surface area contributed by atoms with Crippen molar-refractivity contribution >= 4 is 21.6 Å². The van der Waals surface area contributed by atoms with Crippen molar-refractivity contribution in [1.82, 2.24) is 15.0 Å². The Morgan fingerprint density at radius 3 is 2.74 bits per heavy atom. The molecule has 8 heteroatoms. The van der Waals surface area contributed by atoms with E-state index in [0.717, 1.165) is 5.56 Å². The molecule has 0 fully saturated rings. The van der Waals surface area contributed by atoms with Crippen LogP contribution in [0.1, 0.15) is 24.3 Å². The van der Waals surface area contributed by atoms with Gasteiger partial charge >= 0.3 is 0 Å². The molecule has 0 amide bonds. The van der Waals surface area contributed by atoms with Crippen LogP contribution in [0.4, 0.5) is 5.69 Å². The highest BCUT2D eigenvalue weighted by Crippen LogP contribution is 2.32. The number of aryl methyl sites for hydroxylation is 1. The molecule has 0 aliphatic rings. The van der Waals surface area contributed by atoms with Crippen molar-refractivity contribution in [3.63, 3.8) is 0 Å². The van der Waals surface area contributed by atoms with Gasteiger partial charge in [-0.15, -0.1) is 5.10 Å². The molecule has 1 unspecified atom stereocenters. The third-order valence-electron chi connectivity index (χ3n) is 2.55.